The Labute approximate surface area is 113 Å². The van der Waals surface area contributed by atoms with Crippen molar-refractivity contribution in [3.8, 4) is 0 Å². The summed E-state index contributed by atoms with van der Waals surface area (Å²) in [6.45, 7) is 0. The monoisotopic (exact) mass is 276 g/mol. The van der Waals surface area contributed by atoms with Gasteiger partial charge in [0.2, 0.25) is 5.16 Å². The number of halogens is 1. The number of benzene rings is 1. The van der Waals surface area contributed by atoms with Crippen LogP contribution >= 0.6 is 23.4 Å². The number of hydrogen-bond donors (Lipinski definition) is 0. The molecule has 0 bridgehead atoms. The lowest BCUT2D eigenvalue weighted by molar-refractivity contribution is 0.879. The zero-order chi connectivity index (χ0) is 12.4. The maximum atomic E-state index is 5.84. The minimum Gasteiger partial charge on any atom is -0.220 e. The quantitative estimate of drug-likeness (QED) is 0.690. The first-order chi connectivity index (χ1) is 8.81. The van der Waals surface area contributed by atoms with Gasteiger partial charge >= 0.3 is 0 Å². The largest absolute Gasteiger partial charge is 0.253 e. The van der Waals surface area contributed by atoms with E-state index in [9.17, 15) is 0 Å². The molecule has 0 fully saturated rings. The van der Waals surface area contributed by atoms with E-state index in [1.807, 2.05) is 36.5 Å². The van der Waals surface area contributed by atoms with E-state index < -0.39 is 0 Å². The summed E-state index contributed by atoms with van der Waals surface area (Å²) in [5.74, 6) is 1.43. The van der Waals surface area contributed by atoms with E-state index in [0.717, 1.165) is 15.9 Å². The van der Waals surface area contributed by atoms with Crippen LogP contribution in [-0.2, 0) is 5.75 Å². The van der Waals surface area contributed by atoms with Gasteiger partial charge in [0, 0.05) is 23.2 Å². The standard InChI is InChI=1S/C12H9ClN4S/c13-10-4-2-9(3-5-10)8-18-12-15-11-14-6-1-7-17(11)16-12/h1-7H,8H2. The fraction of sp³-hybridized carbons (Fsp3) is 0.0833. The highest BCUT2D eigenvalue weighted by Crippen LogP contribution is 2.20. The Morgan fingerprint density at radius 3 is 2.83 bits per heavy atom. The number of nitrogens with zero attached hydrogens (tertiary/aromatic N) is 4. The Balaban J connectivity index is 1.74. The lowest BCUT2D eigenvalue weighted by atomic mass is 10.2. The van der Waals surface area contributed by atoms with Crippen molar-refractivity contribution < 1.29 is 0 Å². The van der Waals surface area contributed by atoms with E-state index in [2.05, 4.69) is 15.1 Å². The molecular formula is C12H9ClN4S. The third kappa shape index (κ3) is 2.47. The molecule has 2 aromatic heterocycles. The van der Waals surface area contributed by atoms with Crippen LogP contribution in [0.5, 0.6) is 0 Å². The summed E-state index contributed by atoms with van der Waals surface area (Å²) in [6.07, 6.45) is 3.54. The molecule has 0 aliphatic heterocycles. The van der Waals surface area contributed by atoms with Crippen LogP contribution in [0, 0.1) is 0 Å². The van der Waals surface area contributed by atoms with Crippen molar-refractivity contribution in [2.75, 3.05) is 0 Å². The summed E-state index contributed by atoms with van der Waals surface area (Å²) >= 11 is 7.42. The van der Waals surface area contributed by atoms with Crippen molar-refractivity contribution in [3.63, 3.8) is 0 Å². The van der Waals surface area contributed by atoms with Crippen LogP contribution in [0.15, 0.2) is 47.9 Å². The Morgan fingerprint density at radius 2 is 2.06 bits per heavy atom. The minimum absolute atomic E-state index is 0.621. The van der Waals surface area contributed by atoms with Crippen molar-refractivity contribution in [3.05, 3.63) is 53.3 Å². The van der Waals surface area contributed by atoms with Crippen LogP contribution in [0.4, 0.5) is 0 Å². The highest BCUT2D eigenvalue weighted by Gasteiger charge is 2.04. The second-order valence-corrected chi connectivity index (χ2v) is 5.05. The lowest BCUT2D eigenvalue weighted by Crippen LogP contribution is -1.87. The first-order valence-electron chi connectivity index (χ1n) is 5.36. The number of hydrogen-bond acceptors (Lipinski definition) is 4. The van der Waals surface area contributed by atoms with Crippen molar-refractivity contribution in [1.29, 1.82) is 0 Å². The molecule has 2 heterocycles. The van der Waals surface area contributed by atoms with Crippen molar-refractivity contribution in [2.45, 2.75) is 10.9 Å². The normalized spacial score (nSPS) is 10.9. The fourth-order valence-corrected chi connectivity index (χ4v) is 2.41. The summed E-state index contributed by atoms with van der Waals surface area (Å²) in [5, 5.41) is 5.80. The third-order valence-corrected chi connectivity index (χ3v) is 3.54. The summed E-state index contributed by atoms with van der Waals surface area (Å²) in [6, 6.07) is 9.61. The van der Waals surface area contributed by atoms with Gasteiger partial charge in [0.25, 0.3) is 5.78 Å². The van der Waals surface area contributed by atoms with Gasteiger partial charge < -0.3 is 0 Å². The van der Waals surface area contributed by atoms with Crippen LogP contribution < -0.4 is 0 Å². The molecule has 0 unspecified atom stereocenters. The van der Waals surface area contributed by atoms with Gasteiger partial charge in [-0.25, -0.2) is 9.50 Å². The summed E-state index contributed by atoms with van der Waals surface area (Å²) in [5.41, 5.74) is 1.19. The maximum absolute atomic E-state index is 5.84. The van der Waals surface area contributed by atoms with Gasteiger partial charge in [0.1, 0.15) is 0 Å². The molecule has 18 heavy (non-hydrogen) atoms. The van der Waals surface area contributed by atoms with Crippen LogP contribution in [-0.4, -0.2) is 19.6 Å². The predicted octanol–water partition coefficient (Wildman–Crippen LogP) is 3.07. The van der Waals surface area contributed by atoms with E-state index in [4.69, 9.17) is 11.6 Å². The third-order valence-electron chi connectivity index (χ3n) is 2.38. The number of aromatic nitrogens is 4. The first-order valence-corrected chi connectivity index (χ1v) is 6.72. The smallest absolute Gasteiger partial charge is 0.220 e. The maximum Gasteiger partial charge on any atom is 0.253 e. The number of fused-ring (bicyclic) bond motifs is 1. The van der Waals surface area contributed by atoms with Crippen molar-refractivity contribution >= 4 is 29.1 Å². The highest BCUT2D eigenvalue weighted by molar-refractivity contribution is 7.98. The van der Waals surface area contributed by atoms with Crippen LogP contribution in [0.2, 0.25) is 5.02 Å². The van der Waals surface area contributed by atoms with E-state index in [1.54, 1.807) is 22.5 Å². The van der Waals surface area contributed by atoms with E-state index in [-0.39, 0.29) is 0 Å². The van der Waals surface area contributed by atoms with Gasteiger partial charge in [-0.05, 0) is 23.8 Å². The predicted molar refractivity (Wildman–Crippen MR) is 71.8 cm³/mol. The second-order valence-electron chi connectivity index (χ2n) is 3.67. The summed E-state index contributed by atoms with van der Waals surface area (Å²) in [7, 11) is 0. The van der Waals surface area contributed by atoms with Gasteiger partial charge in [-0.3, -0.25) is 0 Å². The molecule has 0 amide bonds. The Kier molecular flexibility index (Phi) is 3.17. The molecule has 0 spiro atoms. The fourth-order valence-electron chi connectivity index (χ4n) is 1.50. The number of rotatable bonds is 3. The van der Waals surface area contributed by atoms with Gasteiger partial charge in [0.05, 0.1) is 0 Å². The first kappa shape index (κ1) is 11.5. The average Bonchev–Trinajstić information content (AvgIpc) is 2.81. The van der Waals surface area contributed by atoms with Gasteiger partial charge in [-0.2, -0.15) is 4.98 Å². The summed E-state index contributed by atoms with van der Waals surface area (Å²) in [4.78, 5) is 8.45. The minimum atomic E-state index is 0.621. The molecule has 4 nitrogen and oxygen atoms in total. The average molecular weight is 277 g/mol. The van der Waals surface area contributed by atoms with Gasteiger partial charge in [-0.1, -0.05) is 35.5 Å². The van der Waals surface area contributed by atoms with E-state index in [0.29, 0.717) is 5.78 Å². The molecule has 0 aliphatic rings. The molecule has 0 N–H and O–H groups in total. The Bertz CT molecular complexity index is 632. The SMILES string of the molecule is Clc1ccc(CSc2nc3ncccn3n2)cc1. The molecule has 6 heteroatoms. The molecule has 0 aliphatic carbocycles. The Hall–Kier alpha value is -1.59. The molecule has 3 aromatic rings. The topological polar surface area (TPSA) is 43.1 Å². The van der Waals surface area contributed by atoms with E-state index in [1.165, 1.54) is 5.56 Å². The van der Waals surface area contributed by atoms with Crippen LogP contribution in [0.3, 0.4) is 0 Å². The van der Waals surface area contributed by atoms with Gasteiger partial charge in [0.15, 0.2) is 0 Å². The molecule has 1 aromatic carbocycles. The molecule has 0 radical (unpaired) electrons. The van der Waals surface area contributed by atoms with Crippen molar-refractivity contribution in [2.24, 2.45) is 0 Å². The lowest BCUT2D eigenvalue weighted by Gasteiger charge is -1.97. The second kappa shape index (κ2) is 4.96. The van der Waals surface area contributed by atoms with Gasteiger partial charge in [-0.15, -0.1) is 5.10 Å². The zero-order valence-electron chi connectivity index (χ0n) is 9.32. The van der Waals surface area contributed by atoms with E-state index >= 15 is 0 Å². The van der Waals surface area contributed by atoms with Crippen LogP contribution in [0.1, 0.15) is 5.56 Å². The molecule has 0 saturated heterocycles. The number of thioether (sulfide) groups is 1. The molecule has 90 valence electrons. The molecular weight excluding hydrogens is 268 g/mol. The highest BCUT2D eigenvalue weighted by atomic mass is 35.5. The molecule has 0 atom stereocenters. The Morgan fingerprint density at radius 1 is 1.22 bits per heavy atom. The zero-order valence-corrected chi connectivity index (χ0v) is 10.9. The van der Waals surface area contributed by atoms with Crippen molar-refractivity contribution in [1.82, 2.24) is 19.6 Å². The molecule has 0 saturated carbocycles. The summed E-state index contributed by atoms with van der Waals surface area (Å²) < 4.78 is 1.67. The molecule has 3 rings (SSSR count). The van der Waals surface area contributed by atoms with Crippen LogP contribution in [0.25, 0.3) is 5.78 Å².